The Morgan fingerprint density at radius 2 is 2.40 bits per heavy atom. The molecule has 0 saturated heterocycles. The minimum absolute atomic E-state index is 0.0146. The van der Waals surface area contributed by atoms with E-state index >= 15 is 0 Å². The fraction of sp³-hybridized carbons (Fsp3) is 0.462. The second-order valence-electron chi connectivity index (χ2n) is 4.77. The summed E-state index contributed by atoms with van der Waals surface area (Å²) in [6, 6.07) is 2.18. The maximum atomic E-state index is 11.9. The number of rotatable bonds is 5. The van der Waals surface area contributed by atoms with E-state index in [4.69, 9.17) is 11.6 Å². The Morgan fingerprint density at radius 1 is 1.60 bits per heavy atom. The molecule has 5 nitrogen and oxygen atoms in total. The molecule has 1 aliphatic carbocycles. The minimum atomic E-state index is 0.0146. The highest BCUT2D eigenvalue weighted by molar-refractivity contribution is 7.99. The number of hydrogen-bond acceptors (Lipinski definition) is 4. The van der Waals surface area contributed by atoms with E-state index in [1.165, 1.54) is 0 Å². The van der Waals surface area contributed by atoms with Crippen LogP contribution in [0.2, 0.25) is 5.15 Å². The zero-order chi connectivity index (χ0) is 14.1. The summed E-state index contributed by atoms with van der Waals surface area (Å²) < 4.78 is 1.67. The van der Waals surface area contributed by atoms with E-state index in [1.54, 1.807) is 22.5 Å². The van der Waals surface area contributed by atoms with Gasteiger partial charge in [0.15, 0.2) is 10.8 Å². The lowest BCUT2D eigenvalue weighted by Crippen LogP contribution is -2.27. The summed E-state index contributed by atoms with van der Waals surface area (Å²) in [4.78, 5) is 17.2. The van der Waals surface area contributed by atoms with Gasteiger partial charge < -0.3 is 5.32 Å². The molecule has 2 aromatic heterocycles. The Kier molecular flexibility index (Phi) is 3.85. The summed E-state index contributed by atoms with van der Waals surface area (Å²) in [5, 5.41) is 7.63. The predicted octanol–water partition coefficient (Wildman–Crippen LogP) is 2.32. The summed E-state index contributed by atoms with van der Waals surface area (Å²) in [6.45, 7) is 2.07. The van der Waals surface area contributed by atoms with Gasteiger partial charge in [0.25, 0.3) is 0 Å². The summed E-state index contributed by atoms with van der Waals surface area (Å²) in [7, 11) is 0. The van der Waals surface area contributed by atoms with Crippen molar-refractivity contribution in [1.29, 1.82) is 0 Å². The molecule has 1 aliphatic rings. The number of amides is 1. The predicted molar refractivity (Wildman–Crippen MR) is 79.3 cm³/mol. The number of fused-ring (bicyclic) bond motifs is 1. The van der Waals surface area contributed by atoms with Crippen molar-refractivity contribution in [2.75, 3.05) is 5.75 Å². The topological polar surface area (TPSA) is 59.3 Å². The number of thioether (sulfide) groups is 1. The van der Waals surface area contributed by atoms with Gasteiger partial charge in [-0.3, -0.25) is 4.79 Å². The Hall–Kier alpha value is -1.27. The second kappa shape index (κ2) is 5.61. The van der Waals surface area contributed by atoms with E-state index in [2.05, 4.69) is 22.3 Å². The van der Waals surface area contributed by atoms with E-state index in [1.807, 2.05) is 6.07 Å². The molecule has 0 aromatic carbocycles. The third-order valence-corrected chi connectivity index (χ3v) is 4.14. The molecule has 0 radical (unpaired) electrons. The number of aromatic nitrogens is 3. The molecular weight excluding hydrogens is 296 g/mol. The Morgan fingerprint density at radius 3 is 3.10 bits per heavy atom. The zero-order valence-corrected chi connectivity index (χ0v) is 12.7. The van der Waals surface area contributed by atoms with Crippen LogP contribution in [-0.2, 0) is 11.2 Å². The Labute approximate surface area is 126 Å². The van der Waals surface area contributed by atoms with Crippen LogP contribution in [0.3, 0.4) is 0 Å². The highest BCUT2D eigenvalue weighted by atomic mass is 35.5. The molecule has 7 heteroatoms. The maximum Gasteiger partial charge on any atom is 0.226 e. The van der Waals surface area contributed by atoms with Gasteiger partial charge in [-0.25, -0.2) is 9.50 Å². The average Bonchev–Trinajstić information content (AvgIpc) is 3.11. The number of carbonyl (C=O) groups excluding carboxylic acids is 1. The molecule has 20 heavy (non-hydrogen) atoms. The van der Waals surface area contributed by atoms with Crippen LogP contribution in [0.5, 0.6) is 0 Å². The van der Waals surface area contributed by atoms with Gasteiger partial charge in [-0.05, 0) is 24.7 Å². The van der Waals surface area contributed by atoms with Crippen LogP contribution in [-0.4, -0.2) is 32.3 Å². The molecule has 3 rings (SSSR count). The molecule has 1 saturated carbocycles. The monoisotopic (exact) mass is 310 g/mol. The van der Waals surface area contributed by atoms with Gasteiger partial charge in [-0.1, -0.05) is 18.5 Å². The smallest absolute Gasteiger partial charge is 0.226 e. The first-order valence-electron chi connectivity index (χ1n) is 6.62. The molecule has 106 valence electrons. The lowest BCUT2D eigenvalue weighted by Gasteiger charge is -2.05. The van der Waals surface area contributed by atoms with Crippen LogP contribution < -0.4 is 5.32 Å². The van der Waals surface area contributed by atoms with Gasteiger partial charge >= 0.3 is 0 Å². The largest absolute Gasteiger partial charge is 0.353 e. The highest BCUT2D eigenvalue weighted by Crippen LogP contribution is 2.25. The van der Waals surface area contributed by atoms with Crippen LogP contribution in [0, 0.1) is 0 Å². The van der Waals surface area contributed by atoms with Crippen LogP contribution in [0.15, 0.2) is 17.2 Å². The standard InChI is InChI=1S/C13H15ClN4OS/c1-2-20-10-6-11(14)17-18-9(7-15-13(10)18)5-12(19)16-8-3-4-8/h6-8H,2-5H2,1H3,(H,16,19). The van der Waals surface area contributed by atoms with Crippen LogP contribution in [0.1, 0.15) is 25.5 Å². The third-order valence-electron chi connectivity index (χ3n) is 3.06. The molecule has 1 N–H and O–H groups in total. The Balaban J connectivity index is 1.89. The first-order chi connectivity index (χ1) is 9.67. The fourth-order valence-electron chi connectivity index (χ4n) is 2.01. The number of carbonyl (C=O) groups is 1. The zero-order valence-electron chi connectivity index (χ0n) is 11.1. The van der Waals surface area contributed by atoms with Crippen LogP contribution in [0.4, 0.5) is 0 Å². The molecule has 0 unspecified atom stereocenters. The van der Waals surface area contributed by atoms with E-state index in [-0.39, 0.29) is 12.3 Å². The van der Waals surface area contributed by atoms with Crippen molar-refractivity contribution in [1.82, 2.24) is 19.9 Å². The van der Waals surface area contributed by atoms with Gasteiger partial charge in [0, 0.05) is 6.04 Å². The molecule has 0 atom stereocenters. The van der Waals surface area contributed by atoms with Crippen molar-refractivity contribution in [3.63, 3.8) is 0 Å². The van der Waals surface area contributed by atoms with Gasteiger partial charge in [0.1, 0.15) is 0 Å². The normalized spacial score (nSPS) is 14.7. The van der Waals surface area contributed by atoms with Gasteiger partial charge in [0.05, 0.1) is 23.2 Å². The lowest BCUT2D eigenvalue weighted by molar-refractivity contribution is -0.120. The van der Waals surface area contributed by atoms with E-state index in [0.29, 0.717) is 11.2 Å². The Bertz CT molecular complexity index is 653. The van der Waals surface area contributed by atoms with Gasteiger partial charge in [-0.15, -0.1) is 11.8 Å². The first kappa shape index (κ1) is 13.7. The number of halogens is 1. The average molecular weight is 311 g/mol. The van der Waals surface area contributed by atoms with Crippen LogP contribution in [0.25, 0.3) is 5.65 Å². The molecule has 2 aromatic rings. The van der Waals surface area contributed by atoms with E-state index < -0.39 is 0 Å². The number of imidazole rings is 1. The molecular formula is C13H15ClN4OS. The molecule has 2 heterocycles. The van der Waals surface area contributed by atoms with Crippen molar-refractivity contribution >= 4 is 34.9 Å². The lowest BCUT2D eigenvalue weighted by atomic mass is 10.3. The highest BCUT2D eigenvalue weighted by Gasteiger charge is 2.24. The minimum Gasteiger partial charge on any atom is -0.353 e. The molecule has 0 bridgehead atoms. The van der Waals surface area contributed by atoms with Crippen molar-refractivity contribution in [3.05, 3.63) is 23.1 Å². The molecule has 1 amide bonds. The number of nitrogens with zero attached hydrogens (tertiary/aromatic N) is 3. The van der Waals surface area contributed by atoms with Gasteiger partial charge in [0.2, 0.25) is 5.91 Å². The molecule has 1 fully saturated rings. The summed E-state index contributed by atoms with van der Waals surface area (Å²) in [5.41, 5.74) is 1.52. The summed E-state index contributed by atoms with van der Waals surface area (Å²) >= 11 is 7.71. The van der Waals surface area contributed by atoms with Crippen LogP contribution >= 0.6 is 23.4 Å². The van der Waals surface area contributed by atoms with E-state index in [9.17, 15) is 4.79 Å². The van der Waals surface area contributed by atoms with Crippen molar-refractivity contribution in [3.8, 4) is 0 Å². The first-order valence-corrected chi connectivity index (χ1v) is 7.99. The summed E-state index contributed by atoms with van der Waals surface area (Å²) in [5.74, 6) is 0.946. The van der Waals surface area contributed by atoms with E-state index in [0.717, 1.165) is 34.8 Å². The van der Waals surface area contributed by atoms with Crippen molar-refractivity contribution < 1.29 is 4.79 Å². The molecule has 0 aliphatic heterocycles. The van der Waals surface area contributed by atoms with Crippen molar-refractivity contribution in [2.45, 2.75) is 37.1 Å². The van der Waals surface area contributed by atoms with Gasteiger partial charge in [-0.2, -0.15) is 5.10 Å². The third kappa shape index (κ3) is 2.91. The fourth-order valence-corrected chi connectivity index (χ4v) is 3.03. The van der Waals surface area contributed by atoms with Crippen molar-refractivity contribution in [2.24, 2.45) is 0 Å². The quantitative estimate of drug-likeness (QED) is 0.861. The maximum absolute atomic E-state index is 11.9. The summed E-state index contributed by atoms with van der Waals surface area (Å²) in [6.07, 6.45) is 4.15. The molecule has 0 spiro atoms. The SMILES string of the molecule is CCSc1cc(Cl)nn2c(CC(=O)NC3CC3)cnc12. The second-order valence-corrected chi connectivity index (χ2v) is 6.46. The number of nitrogens with one attached hydrogen (secondary N) is 1. The number of hydrogen-bond donors (Lipinski definition) is 1.